The summed E-state index contributed by atoms with van der Waals surface area (Å²) in [4.78, 5) is 37.0. The molecule has 0 aromatic carbocycles. The predicted molar refractivity (Wildman–Crippen MR) is 78.8 cm³/mol. The third kappa shape index (κ3) is 3.46. The summed E-state index contributed by atoms with van der Waals surface area (Å²) < 4.78 is 4.93. The molecule has 0 spiro atoms. The number of anilines is 1. The average molecular weight is 308 g/mol. The molecule has 0 amide bonds. The number of aromatic nitrogens is 3. The summed E-state index contributed by atoms with van der Waals surface area (Å²) in [7, 11) is 1.82. The third-order valence-corrected chi connectivity index (χ3v) is 3.94. The molecule has 1 N–H and O–H groups in total. The third-order valence-electron chi connectivity index (χ3n) is 2.67. The zero-order chi connectivity index (χ0) is 15.4. The van der Waals surface area contributed by atoms with E-state index in [1.165, 1.54) is 18.3 Å². The Kier molecular flexibility index (Phi) is 4.69. The smallest absolute Gasteiger partial charge is 0.358 e. The van der Waals surface area contributed by atoms with Crippen molar-refractivity contribution in [3.05, 3.63) is 28.8 Å². The van der Waals surface area contributed by atoms with Crippen LogP contribution in [0.1, 0.15) is 39.8 Å². The van der Waals surface area contributed by atoms with Gasteiger partial charge in [-0.1, -0.05) is 11.3 Å². The highest BCUT2D eigenvalue weighted by Crippen LogP contribution is 2.27. The van der Waals surface area contributed by atoms with Gasteiger partial charge in [0.2, 0.25) is 0 Å². The molecule has 0 aliphatic rings. The highest BCUT2D eigenvalue weighted by molar-refractivity contribution is 7.17. The molecule has 2 rings (SSSR count). The number of ketones is 1. The maximum Gasteiger partial charge on any atom is 0.358 e. The minimum Gasteiger partial charge on any atom is -0.461 e. The molecule has 0 bridgehead atoms. The molecule has 2 aromatic rings. The first-order valence-corrected chi connectivity index (χ1v) is 7.22. The molecule has 2 aromatic heterocycles. The second kappa shape index (κ2) is 6.49. The minimum absolute atomic E-state index is 0.0793. The van der Waals surface area contributed by atoms with E-state index in [0.29, 0.717) is 16.6 Å². The number of thiazole rings is 1. The predicted octanol–water partition coefficient (Wildman–Crippen LogP) is 1.88. The molecular weight excluding hydrogens is 292 g/mol. The monoisotopic (exact) mass is 308 g/mol. The van der Waals surface area contributed by atoms with Gasteiger partial charge >= 0.3 is 5.97 Å². The van der Waals surface area contributed by atoms with E-state index in [1.54, 1.807) is 19.3 Å². The van der Waals surface area contributed by atoms with Gasteiger partial charge in [-0.05, 0) is 6.92 Å². The fourth-order valence-corrected chi connectivity index (χ4v) is 2.63. The van der Waals surface area contributed by atoms with E-state index in [-0.39, 0.29) is 18.1 Å². The molecule has 2 heterocycles. The normalized spacial score (nSPS) is 10.4. The van der Waals surface area contributed by atoms with Crippen LogP contribution in [-0.2, 0) is 11.3 Å². The average Bonchev–Trinajstić information content (AvgIpc) is 3.07. The zero-order valence-corrected chi connectivity index (χ0v) is 12.9. The van der Waals surface area contributed by atoms with Gasteiger partial charge < -0.3 is 14.6 Å². The number of nitrogens with one attached hydrogen (secondary N) is 1. The largest absolute Gasteiger partial charge is 0.461 e. The van der Waals surface area contributed by atoms with Crippen LogP contribution in [0.4, 0.5) is 5.13 Å². The number of carbonyl (C=O) groups is 2. The fourth-order valence-electron chi connectivity index (χ4n) is 1.73. The van der Waals surface area contributed by atoms with E-state index in [4.69, 9.17) is 4.74 Å². The number of aromatic amines is 1. The number of rotatable bonds is 6. The Labute approximate surface area is 126 Å². The van der Waals surface area contributed by atoms with Crippen molar-refractivity contribution in [3.8, 4) is 0 Å². The molecule has 0 aliphatic heterocycles. The van der Waals surface area contributed by atoms with Crippen molar-refractivity contribution < 1.29 is 14.3 Å². The van der Waals surface area contributed by atoms with Gasteiger partial charge in [0.1, 0.15) is 10.7 Å². The molecule has 0 unspecified atom stereocenters. The van der Waals surface area contributed by atoms with E-state index < -0.39 is 5.97 Å². The number of imidazole rings is 1. The summed E-state index contributed by atoms with van der Waals surface area (Å²) in [5.41, 5.74) is 0.0793. The summed E-state index contributed by atoms with van der Waals surface area (Å²) in [5.74, 6) is -0.000407. The lowest BCUT2D eigenvalue weighted by Gasteiger charge is -2.13. The summed E-state index contributed by atoms with van der Waals surface area (Å²) in [6.07, 6.45) is 3.39. The van der Waals surface area contributed by atoms with Crippen LogP contribution in [0, 0.1) is 0 Å². The standard InChI is InChI=1S/C13H16N4O3S/c1-4-20-12(19)10-11(8(2)18)21-13(16-10)17(3)7-9-14-5-6-15-9/h5-6H,4,7H2,1-3H3,(H,14,15). The zero-order valence-electron chi connectivity index (χ0n) is 12.0. The van der Waals surface area contributed by atoms with E-state index >= 15 is 0 Å². The number of carbonyl (C=O) groups excluding carboxylic acids is 2. The molecule has 0 aliphatic carbocycles. The maximum absolute atomic E-state index is 11.9. The first kappa shape index (κ1) is 15.2. The van der Waals surface area contributed by atoms with Crippen molar-refractivity contribution in [2.45, 2.75) is 20.4 Å². The van der Waals surface area contributed by atoms with Crippen LogP contribution >= 0.6 is 11.3 Å². The van der Waals surface area contributed by atoms with Gasteiger partial charge in [0.05, 0.1) is 13.2 Å². The van der Waals surface area contributed by atoms with Crippen molar-refractivity contribution >= 4 is 28.2 Å². The minimum atomic E-state index is -0.573. The molecule has 0 radical (unpaired) electrons. The molecule has 7 nitrogen and oxygen atoms in total. The van der Waals surface area contributed by atoms with Gasteiger partial charge in [-0.3, -0.25) is 4.79 Å². The van der Waals surface area contributed by atoms with Crippen LogP contribution in [-0.4, -0.2) is 40.4 Å². The first-order valence-electron chi connectivity index (χ1n) is 6.41. The fraction of sp³-hybridized carbons (Fsp3) is 0.385. The van der Waals surface area contributed by atoms with Crippen molar-refractivity contribution in [2.24, 2.45) is 0 Å². The van der Waals surface area contributed by atoms with Crippen molar-refractivity contribution in [1.29, 1.82) is 0 Å². The summed E-state index contributed by atoms with van der Waals surface area (Å²) in [6, 6.07) is 0. The molecule has 0 saturated carbocycles. The van der Waals surface area contributed by atoms with Crippen LogP contribution in [0.2, 0.25) is 0 Å². The summed E-state index contributed by atoms with van der Waals surface area (Å²) in [6.45, 7) is 3.86. The Morgan fingerprint density at radius 3 is 2.81 bits per heavy atom. The second-order valence-corrected chi connectivity index (χ2v) is 5.32. The van der Waals surface area contributed by atoms with E-state index in [9.17, 15) is 9.59 Å². The van der Waals surface area contributed by atoms with Crippen LogP contribution in [0.3, 0.4) is 0 Å². The highest BCUT2D eigenvalue weighted by Gasteiger charge is 2.23. The van der Waals surface area contributed by atoms with Crippen molar-refractivity contribution in [3.63, 3.8) is 0 Å². The first-order chi connectivity index (χ1) is 10.0. The SMILES string of the molecule is CCOC(=O)c1nc(N(C)Cc2ncc[nH]2)sc1C(C)=O. The van der Waals surface area contributed by atoms with Crippen LogP contribution in [0.15, 0.2) is 12.4 Å². The van der Waals surface area contributed by atoms with E-state index in [2.05, 4.69) is 15.0 Å². The Morgan fingerprint density at radius 1 is 1.48 bits per heavy atom. The topological polar surface area (TPSA) is 88.2 Å². The summed E-state index contributed by atoms with van der Waals surface area (Å²) >= 11 is 1.17. The van der Waals surface area contributed by atoms with Crippen molar-refractivity contribution in [1.82, 2.24) is 15.0 Å². The van der Waals surface area contributed by atoms with Gasteiger partial charge in [0.25, 0.3) is 0 Å². The molecule has 8 heteroatoms. The van der Waals surface area contributed by atoms with Gasteiger partial charge in [-0.15, -0.1) is 0 Å². The summed E-state index contributed by atoms with van der Waals surface area (Å²) in [5, 5.41) is 0.569. The number of Topliss-reactive ketones (excluding diaryl/α,β-unsaturated/α-hetero) is 1. The van der Waals surface area contributed by atoms with Gasteiger partial charge in [-0.25, -0.2) is 14.8 Å². The molecule has 0 fully saturated rings. The molecule has 112 valence electrons. The van der Waals surface area contributed by atoms with Crippen molar-refractivity contribution in [2.75, 3.05) is 18.6 Å². The Hall–Kier alpha value is -2.22. The number of esters is 1. The number of hydrogen-bond acceptors (Lipinski definition) is 7. The lowest BCUT2D eigenvalue weighted by atomic mass is 10.3. The van der Waals surface area contributed by atoms with Gasteiger partial charge in [-0.2, -0.15) is 0 Å². The van der Waals surface area contributed by atoms with Crippen LogP contribution in [0.25, 0.3) is 0 Å². The Balaban J connectivity index is 2.26. The lowest BCUT2D eigenvalue weighted by Crippen LogP contribution is -2.17. The van der Waals surface area contributed by atoms with Crippen LogP contribution < -0.4 is 4.90 Å². The van der Waals surface area contributed by atoms with E-state index in [1.807, 2.05) is 11.9 Å². The molecule has 21 heavy (non-hydrogen) atoms. The number of ether oxygens (including phenoxy) is 1. The number of H-pyrrole nitrogens is 1. The van der Waals surface area contributed by atoms with E-state index in [0.717, 1.165) is 5.82 Å². The number of nitrogens with zero attached hydrogens (tertiary/aromatic N) is 3. The quantitative estimate of drug-likeness (QED) is 0.647. The van der Waals surface area contributed by atoms with Crippen LogP contribution in [0.5, 0.6) is 0 Å². The maximum atomic E-state index is 11.9. The molecule has 0 atom stereocenters. The van der Waals surface area contributed by atoms with Gasteiger partial charge in [0, 0.05) is 26.4 Å². The number of hydrogen-bond donors (Lipinski definition) is 1. The second-order valence-electron chi connectivity index (χ2n) is 4.34. The Morgan fingerprint density at radius 2 is 2.24 bits per heavy atom. The highest BCUT2D eigenvalue weighted by atomic mass is 32.1. The lowest BCUT2D eigenvalue weighted by molar-refractivity contribution is 0.0517. The Bertz CT molecular complexity index is 636. The molecular formula is C13H16N4O3S. The molecule has 0 saturated heterocycles. The van der Waals surface area contributed by atoms with Gasteiger partial charge in [0.15, 0.2) is 16.6 Å².